The highest BCUT2D eigenvalue weighted by Crippen LogP contribution is 2.16. The van der Waals surface area contributed by atoms with E-state index in [1.807, 2.05) is 0 Å². The largest absolute Gasteiger partial charge is 0.466 e. The van der Waals surface area contributed by atoms with Gasteiger partial charge in [0, 0.05) is 12.1 Å². The zero-order valence-electron chi connectivity index (χ0n) is 10.3. The number of methoxy groups -OCH3 is 1. The van der Waals surface area contributed by atoms with Crippen LogP contribution in [0.15, 0.2) is 11.6 Å². The van der Waals surface area contributed by atoms with E-state index in [2.05, 4.69) is 4.74 Å². The van der Waals surface area contributed by atoms with Crippen molar-refractivity contribution in [3.8, 4) is 0 Å². The standard InChI is InChI=1S/C11H18F3NO2/c1-4-6-15(8-11(12,13)14)7-5-9(2)10(16)17-3/h5H,4,6-8H2,1-3H3. The minimum Gasteiger partial charge on any atom is -0.466 e. The van der Waals surface area contributed by atoms with Gasteiger partial charge in [0.1, 0.15) is 0 Å². The van der Waals surface area contributed by atoms with E-state index < -0.39 is 18.7 Å². The number of ether oxygens (including phenoxy) is 1. The first-order valence-corrected chi connectivity index (χ1v) is 5.34. The molecule has 0 aromatic carbocycles. The Hall–Kier alpha value is -1.04. The third-order valence-corrected chi connectivity index (χ3v) is 2.11. The second kappa shape index (κ2) is 7.32. The number of alkyl halides is 3. The van der Waals surface area contributed by atoms with Crippen LogP contribution in [0.2, 0.25) is 0 Å². The van der Waals surface area contributed by atoms with Gasteiger partial charge in [-0.05, 0) is 19.9 Å². The molecule has 17 heavy (non-hydrogen) atoms. The molecule has 0 saturated heterocycles. The van der Waals surface area contributed by atoms with E-state index >= 15 is 0 Å². The molecule has 0 rings (SSSR count). The maximum atomic E-state index is 12.2. The minimum atomic E-state index is -4.22. The fraction of sp³-hybridized carbons (Fsp3) is 0.727. The topological polar surface area (TPSA) is 29.5 Å². The van der Waals surface area contributed by atoms with Crippen molar-refractivity contribution >= 4 is 5.97 Å². The molecule has 0 aliphatic heterocycles. The molecule has 0 aromatic heterocycles. The van der Waals surface area contributed by atoms with E-state index in [0.717, 1.165) is 0 Å². The number of carbonyl (C=O) groups is 1. The average Bonchev–Trinajstić information content (AvgIpc) is 2.22. The van der Waals surface area contributed by atoms with Gasteiger partial charge in [-0.2, -0.15) is 13.2 Å². The van der Waals surface area contributed by atoms with Gasteiger partial charge in [0.15, 0.2) is 0 Å². The second-order valence-electron chi connectivity index (χ2n) is 3.73. The van der Waals surface area contributed by atoms with Crippen LogP contribution in [0, 0.1) is 0 Å². The smallest absolute Gasteiger partial charge is 0.401 e. The maximum Gasteiger partial charge on any atom is 0.401 e. The first-order chi connectivity index (χ1) is 7.80. The van der Waals surface area contributed by atoms with Crippen LogP contribution in [-0.2, 0) is 9.53 Å². The number of esters is 1. The highest BCUT2D eigenvalue weighted by atomic mass is 19.4. The number of nitrogens with zero attached hydrogens (tertiary/aromatic N) is 1. The van der Waals surface area contributed by atoms with Crippen LogP contribution in [0.25, 0.3) is 0 Å². The molecule has 3 nitrogen and oxygen atoms in total. The SMILES string of the molecule is CCCN(CC=C(C)C(=O)OC)CC(F)(F)F. The lowest BCUT2D eigenvalue weighted by Gasteiger charge is -2.21. The molecule has 0 aromatic rings. The summed E-state index contributed by atoms with van der Waals surface area (Å²) in [6.07, 6.45) is -2.14. The van der Waals surface area contributed by atoms with Crippen molar-refractivity contribution in [2.75, 3.05) is 26.7 Å². The molecule has 0 unspecified atom stereocenters. The molecule has 0 aliphatic rings. The molecule has 0 radical (unpaired) electrons. The van der Waals surface area contributed by atoms with Crippen LogP contribution < -0.4 is 0 Å². The number of halogens is 3. The van der Waals surface area contributed by atoms with E-state index in [1.165, 1.54) is 25.0 Å². The monoisotopic (exact) mass is 253 g/mol. The zero-order valence-corrected chi connectivity index (χ0v) is 10.3. The summed E-state index contributed by atoms with van der Waals surface area (Å²) in [5, 5.41) is 0. The van der Waals surface area contributed by atoms with Gasteiger partial charge in [0.2, 0.25) is 0 Å². The van der Waals surface area contributed by atoms with Gasteiger partial charge in [-0.25, -0.2) is 4.79 Å². The lowest BCUT2D eigenvalue weighted by Crippen LogP contribution is -2.35. The summed E-state index contributed by atoms with van der Waals surface area (Å²) in [7, 11) is 1.24. The van der Waals surface area contributed by atoms with Gasteiger partial charge in [0.05, 0.1) is 13.7 Å². The van der Waals surface area contributed by atoms with Gasteiger partial charge in [0.25, 0.3) is 0 Å². The van der Waals surface area contributed by atoms with Crippen LogP contribution >= 0.6 is 0 Å². The molecular weight excluding hydrogens is 235 g/mol. The van der Waals surface area contributed by atoms with Crippen LogP contribution in [0.1, 0.15) is 20.3 Å². The number of carbonyl (C=O) groups excluding carboxylic acids is 1. The molecule has 0 atom stereocenters. The molecule has 0 heterocycles. The normalized spacial score (nSPS) is 13.0. The Morgan fingerprint density at radius 2 is 2.00 bits per heavy atom. The van der Waals surface area contributed by atoms with Gasteiger partial charge in [-0.1, -0.05) is 13.0 Å². The number of rotatable bonds is 6. The Bertz CT molecular complexity index is 274. The van der Waals surface area contributed by atoms with Crippen molar-refractivity contribution in [1.29, 1.82) is 0 Å². The molecule has 0 fully saturated rings. The highest BCUT2D eigenvalue weighted by molar-refractivity contribution is 5.87. The first kappa shape index (κ1) is 16.0. The molecule has 0 spiro atoms. The van der Waals surface area contributed by atoms with E-state index in [0.29, 0.717) is 18.5 Å². The fourth-order valence-electron chi connectivity index (χ4n) is 1.32. The van der Waals surface area contributed by atoms with Crippen LogP contribution in [0.5, 0.6) is 0 Å². The quantitative estimate of drug-likeness (QED) is 0.537. The van der Waals surface area contributed by atoms with Crippen LogP contribution in [-0.4, -0.2) is 43.8 Å². The summed E-state index contributed by atoms with van der Waals surface area (Å²) < 4.78 is 41.1. The lowest BCUT2D eigenvalue weighted by atomic mass is 10.2. The van der Waals surface area contributed by atoms with Crippen molar-refractivity contribution in [1.82, 2.24) is 4.90 Å². The molecule has 0 bridgehead atoms. The van der Waals surface area contributed by atoms with Crippen LogP contribution in [0.3, 0.4) is 0 Å². The molecule has 0 amide bonds. The maximum absolute atomic E-state index is 12.2. The first-order valence-electron chi connectivity index (χ1n) is 5.34. The number of hydrogen-bond acceptors (Lipinski definition) is 3. The summed E-state index contributed by atoms with van der Waals surface area (Å²) in [5.74, 6) is -0.520. The van der Waals surface area contributed by atoms with Crippen molar-refractivity contribution in [3.63, 3.8) is 0 Å². The van der Waals surface area contributed by atoms with E-state index in [4.69, 9.17) is 0 Å². The number of hydrogen-bond donors (Lipinski definition) is 0. The van der Waals surface area contributed by atoms with Crippen LogP contribution in [0.4, 0.5) is 13.2 Å². The zero-order chi connectivity index (χ0) is 13.5. The third kappa shape index (κ3) is 7.79. The molecule has 0 aliphatic carbocycles. The van der Waals surface area contributed by atoms with E-state index in [1.54, 1.807) is 6.92 Å². The molecule has 6 heteroatoms. The summed E-state index contributed by atoms with van der Waals surface area (Å²) >= 11 is 0. The molecule has 0 saturated carbocycles. The Kier molecular flexibility index (Phi) is 6.87. The summed E-state index contributed by atoms with van der Waals surface area (Å²) in [4.78, 5) is 12.3. The predicted octanol–water partition coefficient (Wildman–Crippen LogP) is 2.38. The summed E-state index contributed by atoms with van der Waals surface area (Å²) in [6, 6.07) is 0. The summed E-state index contributed by atoms with van der Waals surface area (Å²) in [6.45, 7) is 2.79. The van der Waals surface area contributed by atoms with Gasteiger partial charge < -0.3 is 4.74 Å². The fourth-order valence-corrected chi connectivity index (χ4v) is 1.32. The van der Waals surface area contributed by atoms with Gasteiger partial charge in [-0.3, -0.25) is 4.90 Å². The van der Waals surface area contributed by atoms with Crippen molar-refractivity contribution in [3.05, 3.63) is 11.6 Å². The minimum absolute atomic E-state index is 0.0916. The third-order valence-electron chi connectivity index (χ3n) is 2.11. The molecular formula is C11H18F3NO2. The van der Waals surface area contributed by atoms with Crippen molar-refractivity contribution < 1.29 is 22.7 Å². The Labute approximate surface area is 99.2 Å². The lowest BCUT2D eigenvalue weighted by molar-refractivity contribution is -0.144. The van der Waals surface area contributed by atoms with Gasteiger partial charge in [-0.15, -0.1) is 0 Å². The highest BCUT2D eigenvalue weighted by Gasteiger charge is 2.29. The molecule has 100 valence electrons. The van der Waals surface area contributed by atoms with Gasteiger partial charge >= 0.3 is 12.1 Å². The Balaban J connectivity index is 4.40. The average molecular weight is 253 g/mol. The van der Waals surface area contributed by atoms with Crippen molar-refractivity contribution in [2.45, 2.75) is 26.4 Å². The van der Waals surface area contributed by atoms with Crippen molar-refractivity contribution in [2.24, 2.45) is 0 Å². The predicted molar refractivity (Wildman–Crippen MR) is 58.6 cm³/mol. The second-order valence-corrected chi connectivity index (χ2v) is 3.73. The Morgan fingerprint density at radius 3 is 2.41 bits per heavy atom. The summed E-state index contributed by atoms with van der Waals surface area (Å²) in [5.41, 5.74) is 0.316. The van der Waals surface area contributed by atoms with E-state index in [-0.39, 0.29) is 6.54 Å². The Morgan fingerprint density at radius 1 is 1.41 bits per heavy atom. The molecule has 0 N–H and O–H groups in total. The van der Waals surface area contributed by atoms with E-state index in [9.17, 15) is 18.0 Å².